The topological polar surface area (TPSA) is 97.1 Å². The van der Waals surface area contributed by atoms with Gasteiger partial charge in [-0.05, 0) is 157 Å². The van der Waals surface area contributed by atoms with E-state index in [-0.39, 0.29) is 0 Å². The maximum Gasteiger partial charge on any atom is 0.164 e. The van der Waals surface area contributed by atoms with Gasteiger partial charge in [0.25, 0.3) is 0 Å². The molecule has 0 aliphatic rings. The molecule has 6 heterocycles. The molecule has 0 bridgehead atoms. The zero-order valence-corrected chi connectivity index (χ0v) is 66.9. The van der Waals surface area contributed by atoms with Crippen LogP contribution >= 0.6 is 0 Å². The van der Waals surface area contributed by atoms with Crippen molar-refractivity contribution in [3.63, 3.8) is 0 Å². The van der Waals surface area contributed by atoms with Crippen LogP contribution in [0.15, 0.2) is 425 Å². The fraction of sp³-hybridized carbons (Fsp3) is 0. The molecule has 0 spiro atoms. The number of rotatable bonds is 10. The maximum absolute atomic E-state index is 5.14. The Morgan fingerprint density at radius 3 is 0.871 bits per heavy atom. The molecule has 0 fully saturated rings. The third-order valence-corrected chi connectivity index (χ3v) is 25.0. The summed E-state index contributed by atoms with van der Waals surface area (Å²) in [6.45, 7) is 0. The summed E-state index contributed by atoms with van der Waals surface area (Å²) >= 11 is 0. The normalized spacial score (nSPS) is 11.9. The van der Waals surface area contributed by atoms with Crippen LogP contribution in [0, 0.1) is 0 Å². The molecule has 26 rings (SSSR count). The van der Waals surface area contributed by atoms with E-state index in [1.54, 1.807) is 0 Å². The lowest BCUT2D eigenvalue weighted by Crippen LogP contribution is -2.00. The van der Waals surface area contributed by atoms with Gasteiger partial charge < -0.3 is 18.3 Å². The summed E-state index contributed by atoms with van der Waals surface area (Å²) in [7, 11) is 0. The molecule has 0 saturated heterocycles. The van der Waals surface area contributed by atoms with Crippen molar-refractivity contribution in [1.29, 1.82) is 0 Å². The quantitative estimate of drug-likeness (QED) is 0.135. The van der Waals surface area contributed by atoms with Crippen LogP contribution in [0.5, 0.6) is 0 Å². The van der Waals surface area contributed by atoms with Crippen molar-refractivity contribution >= 4 is 152 Å². The molecule has 10 nitrogen and oxygen atoms in total. The van der Waals surface area contributed by atoms with Crippen molar-refractivity contribution in [2.24, 2.45) is 0 Å². The van der Waals surface area contributed by atoms with Crippen LogP contribution in [-0.2, 0) is 0 Å². The fourth-order valence-electron chi connectivity index (χ4n) is 19.4. The molecule has 0 radical (unpaired) electrons. The molecule has 0 aliphatic carbocycles. The zero-order valence-electron chi connectivity index (χ0n) is 66.9. The molecular weight excluding hydrogens is 1510 g/mol. The van der Waals surface area contributed by atoms with Crippen molar-refractivity contribution in [2.45, 2.75) is 0 Å². The van der Waals surface area contributed by atoms with E-state index >= 15 is 0 Å². The van der Waals surface area contributed by atoms with Crippen LogP contribution in [0.4, 0.5) is 0 Å². The van der Waals surface area contributed by atoms with Gasteiger partial charge in [-0.1, -0.05) is 322 Å². The SMILES string of the molecule is c1ccc(-c2nc(-c3ccc4ccccc4c3)nc(-c3ccc4c(-n5c6ccccc6c6c7c8c9ccccc9ccc8n(-c8ccccc8)c7ccc65)cccc4c3)n2)cc1.c1ccc(-c2nc(-c3ccccc3)nc(-c3ccc4c(-n5c6ccccc6c6c7c8c9ccccc9ccc8n(-c8ccc9ccccc9c8)c7ccc65)cccc4c3)n2)cc1. The molecule has 6 aromatic heterocycles. The van der Waals surface area contributed by atoms with Gasteiger partial charge in [-0.3, -0.25) is 0 Å². The van der Waals surface area contributed by atoms with E-state index in [0.29, 0.717) is 34.9 Å². The Bertz CT molecular complexity index is 8810. The minimum absolute atomic E-state index is 0.635. The number of hydrogen-bond donors (Lipinski definition) is 0. The van der Waals surface area contributed by atoms with Crippen LogP contribution in [-0.4, -0.2) is 48.2 Å². The lowest BCUT2D eigenvalue weighted by atomic mass is 10.0. The minimum atomic E-state index is 0.635. The van der Waals surface area contributed by atoms with E-state index in [4.69, 9.17) is 29.9 Å². The molecule has 0 saturated carbocycles. The highest BCUT2D eigenvalue weighted by molar-refractivity contribution is 6.35. The van der Waals surface area contributed by atoms with E-state index in [1.807, 2.05) is 78.9 Å². The van der Waals surface area contributed by atoms with E-state index < -0.39 is 0 Å². The Kier molecular flexibility index (Phi) is 16.1. The first-order chi connectivity index (χ1) is 61.5. The minimum Gasteiger partial charge on any atom is -0.309 e. The molecule has 26 aromatic rings. The van der Waals surface area contributed by atoms with Gasteiger partial charge in [0.2, 0.25) is 0 Å². The van der Waals surface area contributed by atoms with Crippen LogP contribution in [0.25, 0.3) is 243 Å². The Labute approximate surface area is 711 Å². The molecule has 0 atom stereocenters. The van der Waals surface area contributed by atoms with Crippen molar-refractivity contribution in [1.82, 2.24) is 48.2 Å². The third-order valence-electron chi connectivity index (χ3n) is 25.0. The number of fused-ring (bicyclic) bond motifs is 22. The number of aromatic nitrogens is 10. The second-order valence-corrected chi connectivity index (χ2v) is 32.0. The van der Waals surface area contributed by atoms with Gasteiger partial charge in [0, 0.05) is 98.6 Å². The predicted octanol–water partition coefficient (Wildman–Crippen LogP) is 29.1. The van der Waals surface area contributed by atoms with Gasteiger partial charge in [-0.25, -0.2) is 29.9 Å². The number of hydrogen-bond acceptors (Lipinski definition) is 6. The largest absolute Gasteiger partial charge is 0.309 e. The summed E-state index contributed by atoms with van der Waals surface area (Å²) in [6, 6.07) is 152. The fourth-order valence-corrected chi connectivity index (χ4v) is 19.4. The van der Waals surface area contributed by atoms with Gasteiger partial charge in [0.1, 0.15) is 0 Å². The van der Waals surface area contributed by atoms with E-state index in [2.05, 4.69) is 364 Å². The molecule has 576 valence electrons. The first kappa shape index (κ1) is 70.2. The summed E-state index contributed by atoms with van der Waals surface area (Å²) in [5.41, 5.74) is 19.6. The molecule has 0 amide bonds. The molecule has 20 aromatic carbocycles. The number of nitrogens with zero attached hydrogens (tertiary/aromatic N) is 10. The maximum atomic E-state index is 5.14. The van der Waals surface area contributed by atoms with Crippen molar-refractivity contribution < 1.29 is 0 Å². The summed E-state index contributed by atoms with van der Waals surface area (Å²) in [5.74, 6) is 3.86. The second kappa shape index (κ2) is 28.5. The van der Waals surface area contributed by atoms with Crippen LogP contribution in [0.1, 0.15) is 0 Å². The van der Waals surface area contributed by atoms with Crippen molar-refractivity contribution in [3.8, 4) is 91.1 Å². The van der Waals surface area contributed by atoms with Crippen molar-refractivity contribution in [2.75, 3.05) is 0 Å². The second-order valence-electron chi connectivity index (χ2n) is 32.0. The lowest BCUT2D eigenvalue weighted by Gasteiger charge is -2.13. The highest BCUT2D eigenvalue weighted by atomic mass is 15.1. The predicted molar refractivity (Wildman–Crippen MR) is 515 cm³/mol. The zero-order chi connectivity index (χ0) is 81.5. The molecule has 0 unspecified atom stereocenters. The first-order valence-corrected chi connectivity index (χ1v) is 42.1. The standard InChI is InChI=1S/2C57H35N5/c1-3-16-38(17-4-1)55-58-56(41-27-26-36-14-7-8-18-39(36)34-41)60-57(59-55)42-28-30-44-40(35-42)19-13-25-47(44)62-48-24-12-11-23-46(48)53-50(62)32-33-51-54(53)52-45-22-10-9-15-37(45)29-31-49(52)61(51)43-20-5-2-6-21-43;1-3-16-38(17-4-1)55-58-56(39-18-5-2-6-19-39)60-57(59-55)42-27-30-44-41(34-42)21-13-25-47(44)62-48-24-12-11-23-46(48)53-50(62)32-33-51-54(53)52-45-22-10-9-15-37(45)28-31-49(52)61(51)43-29-26-36-14-7-8-20-40(36)35-43/h2*1-35H. The van der Waals surface area contributed by atoms with Crippen molar-refractivity contribution in [3.05, 3.63) is 425 Å². The average Bonchev–Trinajstić information content (AvgIpc) is 1.54. The van der Waals surface area contributed by atoms with Crippen LogP contribution < -0.4 is 0 Å². The number of para-hydroxylation sites is 3. The third kappa shape index (κ3) is 11.3. The summed E-state index contributed by atoms with van der Waals surface area (Å²) in [6.07, 6.45) is 0. The van der Waals surface area contributed by atoms with Crippen LogP contribution in [0.3, 0.4) is 0 Å². The van der Waals surface area contributed by atoms with E-state index in [1.165, 1.54) is 114 Å². The molecule has 10 heteroatoms. The van der Waals surface area contributed by atoms with Gasteiger partial charge in [0.15, 0.2) is 34.9 Å². The summed E-state index contributed by atoms with van der Waals surface area (Å²) in [4.78, 5) is 30.3. The molecule has 0 N–H and O–H groups in total. The smallest absolute Gasteiger partial charge is 0.164 e. The van der Waals surface area contributed by atoms with Crippen LogP contribution in [0.2, 0.25) is 0 Å². The van der Waals surface area contributed by atoms with Gasteiger partial charge >= 0.3 is 0 Å². The average molecular weight is 1580 g/mol. The Morgan fingerprint density at radius 1 is 0.137 bits per heavy atom. The molecule has 124 heavy (non-hydrogen) atoms. The lowest BCUT2D eigenvalue weighted by molar-refractivity contribution is 1.07. The van der Waals surface area contributed by atoms with E-state index in [9.17, 15) is 0 Å². The Hall–Kier alpha value is -16.8. The van der Waals surface area contributed by atoms with Gasteiger partial charge in [-0.2, -0.15) is 0 Å². The Morgan fingerprint density at radius 2 is 0.427 bits per heavy atom. The van der Waals surface area contributed by atoms with E-state index in [0.717, 1.165) is 94.1 Å². The highest BCUT2D eigenvalue weighted by Crippen LogP contribution is 2.49. The monoisotopic (exact) mass is 1580 g/mol. The summed E-state index contributed by atoms with van der Waals surface area (Å²) < 4.78 is 9.80. The summed E-state index contributed by atoms with van der Waals surface area (Å²) in [5, 5.41) is 24.3. The highest BCUT2D eigenvalue weighted by Gasteiger charge is 2.27. The Balaban J connectivity index is 0.000000136. The molecule has 0 aliphatic heterocycles. The molecular formula is C114H70N10. The van der Waals surface area contributed by atoms with Gasteiger partial charge in [0.05, 0.1) is 55.5 Å². The van der Waals surface area contributed by atoms with Gasteiger partial charge in [-0.15, -0.1) is 0 Å². The first-order valence-electron chi connectivity index (χ1n) is 42.1. The number of benzene rings is 20.